The molecule has 21 heavy (non-hydrogen) atoms. The lowest BCUT2D eigenvalue weighted by atomic mass is 10.1. The van der Waals surface area contributed by atoms with Gasteiger partial charge in [0.15, 0.2) is 5.82 Å². The second-order valence-electron chi connectivity index (χ2n) is 4.25. The van der Waals surface area contributed by atoms with Gasteiger partial charge in [-0.3, -0.25) is 14.9 Å². The Kier molecular flexibility index (Phi) is 4.50. The van der Waals surface area contributed by atoms with Gasteiger partial charge in [0.25, 0.3) is 11.6 Å². The molecule has 0 radical (unpaired) electrons. The molecule has 0 fully saturated rings. The first-order valence-corrected chi connectivity index (χ1v) is 6.36. The fraction of sp³-hybridized carbons (Fsp3) is 0.231. The Hall–Kier alpha value is -2.90. The number of benzene rings is 1. The predicted octanol–water partition coefficient (Wildman–Crippen LogP) is 2.66. The maximum atomic E-state index is 12.1. The molecule has 8 heteroatoms. The first-order chi connectivity index (χ1) is 10.1. The van der Waals surface area contributed by atoms with E-state index in [4.69, 9.17) is 0 Å². The van der Waals surface area contributed by atoms with Crippen LogP contribution >= 0.6 is 0 Å². The van der Waals surface area contributed by atoms with Crippen LogP contribution in [-0.4, -0.2) is 22.5 Å². The van der Waals surface area contributed by atoms with Gasteiger partial charge in [0, 0.05) is 24.4 Å². The molecule has 8 nitrogen and oxygen atoms in total. The van der Waals surface area contributed by atoms with Crippen LogP contribution in [-0.2, 0) is 0 Å². The SMILES string of the molecule is CCCNc1ccc([N+](=O)[O-])c(C(=O)Nc2ccon2)c1. The molecule has 0 aliphatic heterocycles. The highest BCUT2D eigenvalue weighted by Gasteiger charge is 2.21. The number of aromatic nitrogens is 1. The zero-order valence-electron chi connectivity index (χ0n) is 11.3. The molecule has 0 aliphatic rings. The van der Waals surface area contributed by atoms with Crippen molar-refractivity contribution in [1.29, 1.82) is 0 Å². The van der Waals surface area contributed by atoms with Crippen LogP contribution in [0.5, 0.6) is 0 Å². The minimum absolute atomic E-state index is 0.0379. The Morgan fingerprint density at radius 1 is 1.43 bits per heavy atom. The molecule has 2 N–H and O–H groups in total. The second-order valence-corrected chi connectivity index (χ2v) is 4.25. The summed E-state index contributed by atoms with van der Waals surface area (Å²) >= 11 is 0. The van der Waals surface area contributed by atoms with Crippen molar-refractivity contribution in [3.63, 3.8) is 0 Å². The third-order valence-corrected chi connectivity index (χ3v) is 2.70. The van der Waals surface area contributed by atoms with E-state index >= 15 is 0 Å². The molecule has 0 saturated carbocycles. The van der Waals surface area contributed by atoms with Gasteiger partial charge in [-0.15, -0.1) is 0 Å². The van der Waals surface area contributed by atoms with Crippen molar-refractivity contribution in [3.05, 3.63) is 46.2 Å². The lowest BCUT2D eigenvalue weighted by molar-refractivity contribution is -0.385. The van der Waals surface area contributed by atoms with E-state index in [1.165, 1.54) is 24.5 Å². The highest BCUT2D eigenvalue weighted by Crippen LogP contribution is 2.23. The van der Waals surface area contributed by atoms with E-state index in [9.17, 15) is 14.9 Å². The molecule has 110 valence electrons. The molecule has 0 unspecified atom stereocenters. The molecule has 0 aliphatic carbocycles. The molecule has 0 bridgehead atoms. The van der Waals surface area contributed by atoms with Gasteiger partial charge >= 0.3 is 0 Å². The molecule has 0 saturated heterocycles. The highest BCUT2D eigenvalue weighted by molar-refractivity contribution is 6.07. The summed E-state index contributed by atoms with van der Waals surface area (Å²) in [4.78, 5) is 22.6. The van der Waals surface area contributed by atoms with Crippen molar-refractivity contribution >= 4 is 23.1 Å². The molecule has 2 rings (SSSR count). The van der Waals surface area contributed by atoms with Crippen LogP contribution < -0.4 is 10.6 Å². The molecule has 0 spiro atoms. The van der Waals surface area contributed by atoms with Crippen LogP contribution in [0.15, 0.2) is 35.1 Å². The number of anilines is 2. The number of nitro groups is 1. The molecule has 1 aromatic heterocycles. The van der Waals surface area contributed by atoms with Crippen molar-refractivity contribution in [2.45, 2.75) is 13.3 Å². The van der Waals surface area contributed by atoms with Crippen molar-refractivity contribution in [2.75, 3.05) is 17.2 Å². The van der Waals surface area contributed by atoms with E-state index in [2.05, 4.69) is 20.3 Å². The van der Waals surface area contributed by atoms with Crippen LogP contribution in [0.4, 0.5) is 17.2 Å². The summed E-state index contributed by atoms with van der Waals surface area (Å²) < 4.78 is 4.59. The van der Waals surface area contributed by atoms with Crippen LogP contribution in [0.25, 0.3) is 0 Å². The lowest BCUT2D eigenvalue weighted by Gasteiger charge is -2.08. The zero-order chi connectivity index (χ0) is 15.2. The summed E-state index contributed by atoms with van der Waals surface area (Å²) in [6, 6.07) is 5.77. The number of nitrogens with zero attached hydrogens (tertiary/aromatic N) is 2. The maximum Gasteiger partial charge on any atom is 0.282 e. The number of nitrogens with one attached hydrogen (secondary N) is 2. The maximum absolute atomic E-state index is 12.1. The van der Waals surface area contributed by atoms with Crippen molar-refractivity contribution < 1.29 is 14.2 Å². The number of rotatable bonds is 6. The minimum Gasteiger partial charge on any atom is -0.385 e. The van der Waals surface area contributed by atoms with Crippen molar-refractivity contribution in [3.8, 4) is 0 Å². The topological polar surface area (TPSA) is 110 Å². The predicted molar refractivity (Wildman–Crippen MR) is 76.3 cm³/mol. The van der Waals surface area contributed by atoms with Gasteiger partial charge in [-0.2, -0.15) is 0 Å². The summed E-state index contributed by atoms with van der Waals surface area (Å²) in [5.41, 5.74) is 0.342. The Balaban J connectivity index is 2.29. The van der Waals surface area contributed by atoms with Gasteiger partial charge in [-0.25, -0.2) is 0 Å². The molecule has 1 amide bonds. The van der Waals surface area contributed by atoms with Gasteiger partial charge in [0.1, 0.15) is 11.8 Å². The van der Waals surface area contributed by atoms with Crippen LogP contribution in [0.3, 0.4) is 0 Å². The normalized spacial score (nSPS) is 10.1. The Bertz CT molecular complexity index is 640. The van der Waals surface area contributed by atoms with Crippen LogP contribution in [0.2, 0.25) is 0 Å². The van der Waals surface area contributed by atoms with Crippen LogP contribution in [0.1, 0.15) is 23.7 Å². The molecule has 1 aromatic carbocycles. The first-order valence-electron chi connectivity index (χ1n) is 6.36. The zero-order valence-corrected chi connectivity index (χ0v) is 11.3. The third-order valence-electron chi connectivity index (χ3n) is 2.70. The third kappa shape index (κ3) is 3.56. The first kappa shape index (κ1) is 14.5. The second kappa shape index (κ2) is 6.51. The fourth-order valence-electron chi connectivity index (χ4n) is 1.72. The van der Waals surface area contributed by atoms with Crippen LogP contribution in [0, 0.1) is 10.1 Å². The van der Waals surface area contributed by atoms with Crippen molar-refractivity contribution in [1.82, 2.24) is 5.16 Å². The summed E-state index contributed by atoms with van der Waals surface area (Å²) in [5, 5.41) is 20.1. The Morgan fingerprint density at radius 2 is 2.24 bits per heavy atom. The number of hydrogen-bond acceptors (Lipinski definition) is 6. The standard InChI is InChI=1S/C13H14N4O4/c1-2-6-14-9-3-4-11(17(19)20)10(8-9)13(18)15-12-5-7-21-16-12/h3-5,7-8,14H,2,6H2,1H3,(H,15,16,18). The van der Waals surface area contributed by atoms with Crippen molar-refractivity contribution in [2.24, 2.45) is 0 Å². The largest absolute Gasteiger partial charge is 0.385 e. The molecular weight excluding hydrogens is 276 g/mol. The summed E-state index contributed by atoms with van der Waals surface area (Å²) in [6.07, 6.45) is 2.20. The van der Waals surface area contributed by atoms with Gasteiger partial charge < -0.3 is 15.2 Å². The van der Waals surface area contributed by atoms with E-state index in [1.807, 2.05) is 6.92 Å². The average Bonchev–Trinajstić information content (AvgIpc) is 2.97. The summed E-state index contributed by atoms with van der Waals surface area (Å²) in [5.74, 6) is -0.419. The summed E-state index contributed by atoms with van der Waals surface area (Å²) in [7, 11) is 0. The smallest absolute Gasteiger partial charge is 0.282 e. The van der Waals surface area contributed by atoms with Gasteiger partial charge in [0.2, 0.25) is 0 Å². The highest BCUT2D eigenvalue weighted by atomic mass is 16.6. The quantitative estimate of drug-likeness (QED) is 0.625. The molecule has 0 atom stereocenters. The van der Waals surface area contributed by atoms with Gasteiger partial charge in [0.05, 0.1) is 4.92 Å². The number of nitro benzene ring substituents is 1. The number of carbonyl (C=O) groups is 1. The Labute approximate surface area is 120 Å². The molecule has 2 aromatic rings. The lowest BCUT2D eigenvalue weighted by Crippen LogP contribution is -2.15. The molecule has 1 heterocycles. The minimum atomic E-state index is -0.615. The van der Waals surface area contributed by atoms with E-state index in [-0.39, 0.29) is 17.1 Å². The van der Waals surface area contributed by atoms with E-state index in [0.29, 0.717) is 12.2 Å². The summed E-state index contributed by atoms with van der Waals surface area (Å²) in [6.45, 7) is 2.71. The monoisotopic (exact) mass is 290 g/mol. The molecular formula is C13H14N4O4. The van der Waals surface area contributed by atoms with E-state index < -0.39 is 10.8 Å². The van der Waals surface area contributed by atoms with Gasteiger partial charge in [-0.1, -0.05) is 12.1 Å². The average molecular weight is 290 g/mol. The number of carbonyl (C=O) groups excluding carboxylic acids is 1. The van der Waals surface area contributed by atoms with E-state index in [1.54, 1.807) is 6.07 Å². The number of hydrogen-bond donors (Lipinski definition) is 2. The fourth-order valence-corrected chi connectivity index (χ4v) is 1.72. The number of amides is 1. The Morgan fingerprint density at radius 3 is 2.86 bits per heavy atom. The van der Waals surface area contributed by atoms with Gasteiger partial charge in [-0.05, 0) is 18.6 Å². The van der Waals surface area contributed by atoms with E-state index in [0.717, 1.165) is 6.42 Å².